The quantitative estimate of drug-likeness (QED) is 0.507. The van der Waals surface area contributed by atoms with E-state index in [0.717, 1.165) is 0 Å². The van der Waals surface area contributed by atoms with Crippen molar-refractivity contribution in [2.75, 3.05) is 63.5 Å². The van der Waals surface area contributed by atoms with Crippen LogP contribution in [0.5, 0.6) is 5.75 Å². The standard InChI is InChI=1S/C18H23N3O8S2/c1-27-14-3-2-13(8-15(14)31(25,26)21-4-6-28-7-5-21)19-16(22)10-29-18(24)9-20-12-30-11-17(20)23/h2-3,8H,4-7,9-12H2,1H3,(H,19,22). The van der Waals surface area contributed by atoms with Gasteiger partial charge >= 0.3 is 5.97 Å². The number of hydrogen-bond acceptors (Lipinski definition) is 9. The summed E-state index contributed by atoms with van der Waals surface area (Å²) in [6.45, 7) is 0.247. The van der Waals surface area contributed by atoms with E-state index < -0.39 is 28.5 Å². The summed E-state index contributed by atoms with van der Waals surface area (Å²) in [5.74, 6) is -0.623. The highest BCUT2D eigenvalue weighted by molar-refractivity contribution is 8.00. The largest absolute Gasteiger partial charge is 0.495 e. The molecule has 0 unspecified atom stereocenters. The number of thioether (sulfide) groups is 1. The van der Waals surface area contributed by atoms with Gasteiger partial charge in [0.2, 0.25) is 15.9 Å². The lowest BCUT2D eigenvalue weighted by Crippen LogP contribution is -2.40. The Labute approximate surface area is 184 Å². The van der Waals surface area contributed by atoms with Crippen molar-refractivity contribution in [2.45, 2.75) is 4.90 Å². The highest BCUT2D eigenvalue weighted by Crippen LogP contribution is 2.30. The van der Waals surface area contributed by atoms with Crippen LogP contribution in [0.4, 0.5) is 5.69 Å². The third-order valence-electron chi connectivity index (χ3n) is 4.54. The molecule has 1 aromatic carbocycles. The number of amides is 2. The van der Waals surface area contributed by atoms with E-state index in [1.54, 1.807) is 0 Å². The van der Waals surface area contributed by atoms with E-state index in [1.807, 2.05) is 0 Å². The Morgan fingerprint density at radius 1 is 1.26 bits per heavy atom. The number of sulfonamides is 1. The zero-order chi connectivity index (χ0) is 22.4. The molecule has 31 heavy (non-hydrogen) atoms. The van der Waals surface area contributed by atoms with E-state index in [9.17, 15) is 22.8 Å². The summed E-state index contributed by atoms with van der Waals surface area (Å²) in [5, 5.41) is 2.50. The van der Waals surface area contributed by atoms with Crippen molar-refractivity contribution >= 4 is 45.3 Å². The maximum atomic E-state index is 13.0. The molecule has 0 bridgehead atoms. The molecule has 0 saturated carbocycles. The van der Waals surface area contributed by atoms with Crippen LogP contribution in [-0.4, -0.2) is 93.6 Å². The number of benzene rings is 1. The second-order valence-electron chi connectivity index (χ2n) is 6.66. The number of rotatable bonds is 8. The first-order valence-corrected chi connectivity index (χ1v) is 12.0. The lowest BCUT2D eigenvalue weighted by molar-refractivity contribution is -0.150. The van der Waals surface area contributed by atoms with E-state index in [0.29, 0.717) is 24.8 Å². The molecule has 13 heteroatoms. The Kier molecular flexibility index (Phi) is 7.75. The summed E-state index contributed by atoms with van der Waals surface area (Å²) in [4.78, 5) is 36.8. The van der Waals surface area contributed by atoms with Gasteiger partial charge in [-0.25, -0.2) is 8.42 Å². The first kappa shape index (κ1) is 23.3. The van der Waals surface area contributed by atoms with Crippen LogP contribution in [0.2, 0.25) is 0 Å². The first-order valence-electron chi connectivity index (χ1n) is 9.38. The summed E-state index contributed by atoms with van der Waals surface area (Å²) in [6.07, 6.45) is 0. The number of nitrogens with zero attached hydrogens (tertiary/aromatic N) is 2. The Morgan fingerprint density at radius 3 is 2.65 bits per heavy atom. The van der Waals surface area contributed by atoms with Crippen molar-refractivity contribution in [3.8, 4) is 5.75 Å². The molecule has 0 atom stereocenters. The molecular formula is C18H23N3O8S2. The Morgan fingerprint density at radius 2 is 2.00 bits per heavy atom. The van der Waals surface area contributed by atoms with E-state index in [1.165, 1.54) is 46.3 Å². The molecule has 0 aromatic heterocycles. The number of esters is 1. The Bertz CT molecular complexity index is 947. The van der Waals surface area contributed by atoms with Crippen molar-refractivity contribution in [1.82, 2.24) is 9.21 Å². The van der Waals surface area contributed by atoms with Gasteiger partial charge in [-0.1, -0.05) is 0 Å². The predicted molar refractivity (Wildman–Crippen MR) is 111 cm³/mol. The molecule has 1 N–H and O–H groups in total. The molecular weight excluding hydrogens is 450 g/mol. The monoisotopic (exact) mass is 473 g/mol. The van der Waals surface area contributed by atoms with Crippen LogP contribution in [0.15, 0.2) is 23.1 Å². The van der Waals surface area contributed by atoms with Crippen molar-refractivity contribution in [1.29, 1.82) is 0 Å². The predicted octanol–water partition coefficient (Wildman–Crippen LogP) is -0.269. The molecule has 2 fully saturated rings. The average Bonchev–Trinajstić information content (AvgIpc) is 3.17. The number of morpholine rings is 1. The molecule has 2 heterocycles. The number of nitrogens with one attached hydrogen (secondary N) is 1. The number of carbonyl (C=O) groups excluding carboxylic acids is 3. The minimum Gasteiger partial charge on any atom is -0.495 e. The minimum absolute atomic E-state index is 0.0864. The molecule has 1 aromatic rings. The molecule has 2 saturated heterocycles. The highest BCUT2D eigenvalue weighted by atomic mass is 32.2. The van der Waals surface area contributed by atoms with Crippen LogP contribution < -0.4 is 10.1 Å². The van der Waals surface area contributed by atoms with Crippen molar-refractivity contribution in [3.05, 3.63) is 18.2 Å². The molecule has 2 aliphatic heterocycles. The second kappa shape index (κ2) is 10.3. The smallest absolute Gasteiger partial charge is 0.326 e. The maximum absolute atomic E-state index is 13.0. The fourth-order valence-corrected chi connectivity index (χ4v) is 5.46. The van der Waals surface area contributed by atoms with Gasteiger partial charge in [0.25, 0.3) is 5.91 Å². The maximum Gasteiger partial charge on any atom is 0.326 e. The zero-order valence-corrected chi connectivity index (χ0v) is 18.5. The molecule has 2 amide bonds. The van der Waals surface area contributed by atoms with Crippen LogP contribution >= 0.6 is 11.8 Å². The van der Waals surface area contributed by atoms with Gasteiger partial charge in [-0.2, -0.15) is 4.31 Å². The molecule has 11 nitrogen and oxygen atoms in total. The molecule has 3 rings (SSSR count). The van der Waals surface area contributed by atoms with E-state index in [-0.39, 0.29) is 41.9 Å². The topological polar surface area (TPSA) is 132 Å². The summed E-state index contributed by atoms with van der Waals surface area (Å²) < 4.78 is 42.5. The summed E-state index contributed by atoms with van der Waals surface area (Å²) >= 11 is 1.39. The van der Waals surface area contributed by atoms with E-state index >= 15 is 0 Å². The van der Waals surface area contributed by atoms with Crippen molar-refractivity contribution < 1.29 is 37.0 Å². The van der Waals surface area contributed by atoms with Crippen LogP contribution in [0.1, 0.15) is 0 Å². The van der Waals surface area contributed by atoms with Crippen LogP contribution in [0.3, 0.4) is 0 Å². The average molecular weight is 474 g/mol. The van der Waals surface area contributed by atoms with Gasteiger partial charge in [0.05, 0.1) is 32.0 Å². The fraction of sp³-hybridized carbons (Fsp3) is 0.500. The van der Waals surface area contributed by atoms with Gasteiger partial charge in [0, 0.05) is 18.8 Å². The van der Waals surface area contributed by atoms with Crippen molar-refractivity contribution in [2.24, 2.45) is 0 Å². The number of methoxy groups -OCH3 is 1. The summed E-state index contributed by atoms with van der Waals surface area (Å²) in [5.41, 5.74) is 0.208. The van der Waals surface area contributed by atoms with Gasteiger partial charge in [0.15, 0.2) is 6.61 Å². The van der Waals surface area contributed by atoms with Gasteiger partial charge in [-0.05, 0) is 18.2 Å². The van der Waals surface area contributed by atoms with Crippen LogP contribution in [0.25, 0.3) is 0 Å². The SMILES string of the molecule is COc1ccc(NC(=O)COC(=O)CN2CSCC2=O)cc1S(=O)(=O)N1CCOCC1. The molecule has 0 spiro atoms. The van der Waals surface area contributed by atoms with E-state index in [4.69, 9.17) is 14.2 Å². The van der Waals surface area contributed by atoms with Crippen LogP contribution in [-0.2, 0) is 33.9 Å². The third-order valence-corrected chi connectivity index (χ3v) is 7.41. The van der Waals surface area contributed by atoms with E-state index in [2.05, 4.69) is 5.32 Å². The number of carbonyl (C=O) groups is 3. The molecule has 0 aliphatic carbocycles. The van der Waals surface area contributed by atoms with Gasteiger partial charge in [0.1, 0.15) is 17.2 Å². The number of anilines is 1. The summed E-state index contributed by atoms with van der Waals surface area (Å²) in [7, 11) is -2.50. The lowest BCUT2D eigenvalue weighted by Gasteiger charge is -2.26. The number of hydrogen-bond donors (Lipinski definition) is 1. The van der Waals surface area contributed by atoms with Crippen LogP contribution in [0, 0.1) is 0 Å². The first-order chi connectivity index (χ1) is 14.8. The second-order valence-corrected chi connectivity index (χ2v) is 9.52. The van der Waals surface area contributed by atoms with Gasteiger partial charge in [-0.3, -0.25) is 14.4 Å². The van der Waals surface area contributed by atoms with Crippen molar-refractivity contribution in [3.63, 3.8) is 0 Å². The normalized spacial score (nSPS) is 17.5. The third kappa shape index (κ3) is 5.87. The fourth-order valence-electron chi connectivity index (χ4n) is 2.97. The molecule has 170 valence electrons. The molecule has 0 radical (unpaired) electrons. The Hall–Kier alpha value is -2.35. The zero-order valence-electron chi connectivity index (χ0n) is 16.9. The molecule has 2 aliphatic rings. The minimum atomic E-state index is -3.86. The summed E-state index contributed by atoms with van der Waals surface area (Å²) in [6, 6.07) is 4.21. The Balaban J connectivity index is 1.62. The van der Waals surface area contributed by atoms with Gasteiger partial charge in [-0.15, -0.1) is 11.8 Å². The van der Waals surface area contributed by atoms with Gasteiger partial charge < -0.3 is 24.4 Å². The number of ether oxygens (including phenoxy) is 3. The lowest BCUT2D eigenvalue weighted by atomic mass is 10.3. The highest BCUT2D eigenvalue weighted by Gasteiger charge is 2.30.